The zero-order valence-electron chi connectivity index (χ0n) is 29.0. The van der Waals surface area contributed by atoms with Crippen molar-refractivity contribution in [1.82, 2.24) is 14.7 Å². The number of hydrogen-bond donors (Lipinski definition) is 2. The van der Waals surface area contributed by atoms with E-state index in [0.29, 0.717) is 42.4 Å². The Hall–Kier alpha value is -4.81. The number of morpholine rings is 1. The van der Waals surface area contributed by atoms with Gasteiger partial charge in [-0.05, 0) is 88.1 Å². The third-order valence-corrected chi connectivity index (χ3v) is 8.88. The Balaban J connectivity index is 1.26. The van der Waals surface area contributed by atoms with Gasteiger partial charge in [0, 0.05) is 49.4 Å². The van der Waals surface area contributed by atoms with E-state index in [9.17, 15) is 18.8 Å². The number of nitrogens with one attached hydrogen (secondary N) is 2. The number of halogens is 1. The molecule has 0 radical (unpaired) electrons. The van der Waals surface area contributed by atoms with Crippen LogP contribution in [-0.2, 0) is 27.2 Å². The molecule has 2 aliphatic heterocycles. The minimum Gasteiger partial charge on any atom is -0.460 e. The van der Waals surface area contributed by atoms with Gasteiger partial charge >= 0.3 is 5.97 Å². The maximum Gasteiger partial charge on any atom is 0.310 e. The fraction of sp³-hybridized carbons (Fsp3) is 0.421. The van der Waals surface area contributed by atoms with Crippen LogP contribution in [0.2, 0.25) is 0 Å². The zero-order chi connectivity index (χ0) is 35.3. The molecule has 264 valence electrons. The van der Waals surface area contributed by atoms with Gasteiger partial charge in [-0.15, -0.1) is 0 Å². The number of rotatable bonds is 10. The van der Waals surface area contributed by atoms with Crippen molar-refractivity contribution in [3.05, 3.63) is 83.3 Å². The van der Waals surface area contributed by atoms with E-state index in [0.717, 1.165) is 68.6 Å². The standard InChI is InChI=1S/C38H45FN6O5/c1-38(2,3)50-34(46)25-27-23-28(39)12-13-30(27)40-36(47)26-11-14-33(44-15-7-4-8-16-44)31(24-26)41-37(48)35-29-9-5-6-10-32(29)45(42-35)18-17-43-19-21-49-22-20-43/h5-6,9-14,23-24H,4,7-8,15-22,25H2,1-3H3,(H,40,47)(H,41,48). The van der Waals surface area contributed by atoms with Crippen LogP contribution < -0.4 is 15.5 Å². The van der Waals surface area contributed by atoms with Crippen LogP contribution in [0.15, 0.2) is 60.7 Å². The number of anilines is 3. The van der Waals surface area contributed by atoms with Crippen LogP contribution in [0.1, 0.15) is 66.4 Å². The van der Waals surface area contributed by atoms with Crippen molar-refractivity contribution in [2.75, 3.05) is 61.5 Å². The van der Waals surface area contributed by atoms with Crippen LogP contribution in [0.5, 0.6) is 0 Å². The number of benzene rings is 3. The van der Waals surface area contributed by atoms with Gasteiger partial charge < -0.3 is 25.0 Å². The lowest BCUT2D eigenvalue weighted by Gasteiger charge is -2.30. The smallest absolute Gasteiger partial charge is 0.310 e. The maximum atomic E-state index is 14.2. The molecule has 0 aliphatic carbocycles. The fourth-order valence-corrected chi connectivity index (χ4v) is 6.45. The molecule has 1 aromatic heterocycles. The molecule has 2 amide bonds. The maximum absolute atomic E-state index is 14.2. The second-order valence-electron chi connectivity index (χ2n) is 13.8. The minimum absolute atomic E-state index is 0.215. The Morgan fingerprint density at radius 1 is 0.860 bits per heavy atom. The number of para-hydroxylation sites is 1. The number of piperidine rings is 1. The molecule has 4 aromatic rings. The Morgan fingerprint density at radius 3 is 2.36 bits per heavy atom. The molecular formula is C38H45FN6O5. The number of fused-ring (bicyclic) bond motifs is 1. The lowest BCUT2D eigenvalue weighted by molar-refractivity contribution is -0.153. The summed E-state index contributed by atoms with van der Waals surface area (Å²) >= 11 is 0. The first-order valence-electron chi connectivity index (χ1n) is 17.3. The van der Waals surface area contributed by atoms with Crippen LogP contribution in [0.4, 0.5) is 21.5 Å². The van der Waals surface area contributed by atoms with Crippen molar-refractivity contribution in [3.63, 3.8) is 0 Å². The topological polar surface area (TPSA) is 118 Å². The molecular weight excluding hydrogens is 639 g/mol. The van der Waals surface area contributed by atoms with Gasteiger partial charge in [0.05, 0.1) is 43.1 Å². The van der Waals surface area contributed by atoms with Crippen molar-refractivity contribution >= 4 is 45.7 Å². The third-order valence-electron chi connectivity index (χ3n) is 8.88. The van der Waals surface area contributed by atoms with Crippen LogP contribution in [0, 0.1) is 5.82 Å². The summed E-state index contributed by atoms with van der Waals surface area (Å²) in [6, 6.07) is 16.8. The molecule has 6 rings (SSSR count). The third kappa shape index (κ3) is 8.67. The number of aromatic nitrogens is 2. The number of nitrogens with zero attached hydrogens (tertiary/aromatic N) is 4. The highest BCUT2D eigenvalue weighted by Gasteiger charge is 2.24. The first-order valence-corrected chi connectivity index (χ1v) is 17.3. The van der Waals surface area contributed by atoms with Gasteiger partial charge in [-0.2, -0.15) is 5.10 Å². The van der Waals surface area contributed by atoms with Gasteiger partial charge in [0.1, 0.15) is 11.4 Å². The molecule has 12 heteroatoms. The SMILES string of the molecule is CC(C)(C)OC(=O)Cc1cc(F)ccc1NC(=O)c1ccc(N2CCCCC2)c(NC(=O)c2nn(CCN3CCOCC3)c3ccccc23)c1. The zero-order valence-corrected chi connectivity index (χ0v) is 29.0. The average molecular weight is 685 g/mol. The predicted molar refractivity (Wildman–Crippen MR) is 191 cm³/mol. The largest absolute Gasteiger partial charge is 0.460 e. The summed E-state index contributed by atoms with van der Waals surface area (Å²) < 4.78 is 27.0. The Bertz CT molecular complexity index is 1860. The van der Waals surface area contributed by atoms with Crippen molar-refractivity contribution in [2.45, 2.75) is 58.6 Å². The van der Waals surface area contributed by atoms with Gasteiger partial charge in [-0.3, -0.25) is 24.0 Å². The van der Waals surface area contributed by atoms with Crippen molar-refractivity contribution in [2.24, 2.45) is 0 Å². The summed E-state index contributed by atoms with van der Waals surface area (Å²) in [4.78, 5) is 44.8. The molecule has 11 nitrogen and oxygen atoms in total. The lowest BCUT2D eigenvalue weighted by atomic mass is 10.1. The summed E-state index contributed by atoms with van der Waals surface area (Å²) in [7, 11) is 0. The Labute approximate surface area is 291 Å². The van der Waals surface area contributed by atoms with Gasteiger partial charge in [0.2, 0.25) is 0 Å². The van der Waals surface area contributed by atoms with Crippen molar-refractivity contribution in [3.8, 4) is 0 Å². The molecule has 3 aromatic carbocycles. The van der Waals surface area contributed by atoms with Gasteiger partial charge in [0.15, 0.2) is 5.69 Å². The van der Waals surface area contributed by atoms with E-state index in [2.05, 4.69) is 20.4 Å². The van der Waals surface area contributed by atoms with Crippen molar-refractivity contribution < 1.29 is 28.2 Å². The van der Waals surface area contributed by atoms with Crippen LogP contribution in [-0.4, -0.2) is 84.0 Å². The molecule has 50 heavy (non-hydrogen) atoms. The number of hydrogen-bond acceptors (Lipinski definition) is 8. The lowest BCUT2D eigenvalue weighted by Crippen LogP contribution is -2.38. The molecule has 2 N–H and O–H groups in total. The second-order valence-corrected chi connectivity index (χ2v) is 13.8. The average Bonchev–Trinajstić information content (AvgIpc) is 3.47. The van der Waals surface area contributed by atoms with Gasteiger partial charge in [0.25, 0.3) is 11.8 Å². The monoisotopic (exact) mass is 684 g/mol. The summed E-state index contributed by atoms with van der Waals surface area (Å²) in [5.74, 6) is -1.92. The van der Waals surface area contributed by atoms with Gasteiger partial charge in [-0.25, -0.2) is 4.39 Å². The molecule has 0 bridgehead atoms. The molecule has 2 saturated heterocycles. The van der Waals surface area contributed by atoms with E-state index in [1.54, 1.807) is 32.9 Å². The normalized spacial score (nSPS) is 15.6. The highest BCUT2D eigenvalue weighted by molar-refractivity contribution is 6.13. The Kier molecular flexibility index (Phi) is 10.8. The highest BCUT2D eigenvalue weighted by atomic mass is 19.1. The fourth-order valence-electron chi connectivity index (χ4n) is 6.45. The second kappa shape index (κ2) is 15.4. The summed E-state index contributed by atoms with van der Waals surface area (Å²) in [6.07, 6.45) is 2.97. The van der Waals surface area contributed by atoms with E-state index >= 15 is 0 Å². The molecule has 3 heterocycles. The van der Waals surface area contributed by atoms with Gasteiger partial charge in [-0.1, -0.05) is 18.2 Å². The minimum atomic E-state index is -0.710. The Morgan fingerprint density at radius 2 is 1.60 bits per heavy atom. The molecule has 2 aliphatic rings. The van der Waals surface area contributed by atoms with Crippen molar-refractivity contribution in [1.29, 1.82) is 0 Å². The summed E-state index contributed by atoms with van der Waals surface area (Å²) in [6.45, 7) is 11.5. The molecule has 0 saturated carbocycles. The molecule has 0 spiro atoms. The van der Waals surface area contributed by atoms with E-state index in [1.807, 2.05) is 35.0 Å². The van der Waals surface area contributed by atoms with Crippen LogP contribution in [0.3, 0.4) is 0 Å². The number of carbonyl (C=O) groups excluding carboxylic acids is 3. The number of esters is 1. The number of amides is 2. The first kappa shape index (κ1) is 35.0. The number of carbonyl (C=O) groups is 3. The number of ether oxygens (including phenoxy) is 2. The van der Waals surface area contributed by atoms with Crippen LogP contribution in [0.25, 0.3) is 10.9 Å². The van der Waals surface area contributed by atoms with E-state index < -0.39 is 23.3 Å². The van der Waals surface area contributed by atoms with E-state index in [-0.39, 0.29) is 17.9 Å². The molecule has 2 fully saturated rings. The highest BCUT2D eigenvalue weighted by Crippen LogP contribution is 2.32. The van der Waals surface area contributed by atoms with E-state index in [1.165, 1.54) is 18.2 Å². The van der Waals surface area contributed by atoms with Crippen LogP contribution >= 0.6 is 0 Å². The quantitative estimate of drug-likeness (QED) is 0.199. The molecule has 0 atom stereocenters. The summed E-state index contributed by atoms with van der Waals surface area (Å²) in [5, 5.41) is 11.4. The predicted octanol–water partition coefficient (Wildman–Crippen LogP) is 5.89. The summed E-state index contributed by atoms with van der Waals surface area (Å²) in [5.41, 5.74) is 2.65. The molecule has 0 unspecified atom stereocenters. The van der Waals surface area contributed by atoms with E-state index in [4.69, 9.17) is 14.6 Å². The first-order chi connectivity index (χ1) is 24.0.